The summed E-state index contributed by atoms with van der Waals surface area (Å²) in [6.45, 7) is 0. The minimum Gasteiger partial charge on any atom is -0.379 e. The van der Waals surface area contributed by atoms with E-state index in [1.807, 2.05) is 11.8 Å². The summed E-state index contributed by atoms with van der Waals surface area (Å²) in [4.78, 5) is 11.4. The Morgan fingerprint density at radius 2 is 2.26 bits per heavy atom. The molecule has 0 aromatic heterocycles. The molecule has 1 amide bonds. The Bertz CT molecular complexity index is 500. The average Bonchev–Trinajstić information content (AvgIpc) is 2.41. The fourth-order valence-electron chi connectivity index (χ4n) is 2.58. The van der Waals surface area contributed by atoms with Crippen LogP contribution in [0.5, 0.6) is 0 Å². The van der Waals surface area contributed by atoms with Crippen molar-refractivity contribution in [2.75, 3.05) is 22.1 Å². The molecule has 1 saturated heterocycles. The molecule has 1 atom stereocenters. The molecule has 1 unspecified atom stereocenters. The van der Waals surface area contributed by atoms with E-state index in [1.165, 1.54) is 12.2 Å². The summed E-state index contributed by atoms with van der Waals surface area (Å²) in [5.41, 5.74) is 2.15. The number of benzene rings is 1. The van der Waals surface area contributed by atoms with Crippen molar-refractivity contribution in [3.63, 3.8) is 0 Å². The summed E-state index contributed by atoms with van der Waals surface area (Å²) in [6, 6.07) is 3.61. The number of fused-ring (bicyclic) bond motifs is 1. The van der Waals surface area contributed by atoms with Crippen LogP contribution in [0, 0.1) is 5.82 Å². The highest BCUT2D eigenvalue weighted by Crippen LogP contribution is 2.30. The van der Waals surface area contributed by atoms with E-state index in [0.717, 1.165) is 23.4 Å². The zero-order valence-corrected chi connectivity index (χ0v) is 11.5. The Labute approximate surface area is 116 Å². The van der Waals surface area contributed by atoms with Crippen LogP contribution in [0.4, 0.5) is 15.8 Å². The van der Waals surface area contributed by atoms with Gasteiger partial charge in [-0.25, -0.2) is 4.39 Å². The predicted octanol–water partition coefficient (Wildman–Crippen LogP) is 3.02. The van der Waals surface area contributed by atoms with Gasteiger partial charge in [-0.15, -0.1) is 0 Å². The monoisotopic (exact) mass is 280 g/mol. The topological polar surface area (TPSA) is 41.1 Å². The first-order valence-electron chi connectivity index (χ1n) is 6.69. The normalized spacial score (nSPS) is 22.6. The molecule has 1 aromatic carbocycles. The lowest BCUT2D eigenvalue weighted by Crippen LogP contribution is -2.26. The second kappa shape index (κ2) is 5.41. The molecule has 102 valence electrons. The molecule has 0 radical (unpaired) electrons. The Morgan fingerprint density at radius 3 is 3.05 bits per heavy atom. The number of aryl methyl sites for hydroxylation is 1. The summed E-state index contributed by atoms with van der Waals surface area (Å²) in [6.07, 6.45) is 3.32. The molecule has 2 heterocycles. The number of anilines is 2. The quantitative estimate of drug-likeness (QED) is 0.875. The molecule has 3 nitrogen and oxygen atoms in total. The van der Waals surface area contributed by atoms with E-state index >= 15 is 0 Å². The van der Waals surface area contributed by atoms with E-state index in [4.69, 9.17) is 0 Å². The number of carbonyl (C=O) groups is 1. The van der Waals surface area contributed by atoms with Crippen LogP contribution >= 0.6 is 11.8 Å². The van der Waals surface area contributed by atoms with Crippen molar-refractivity contribution >= 4 is 29.0 Å². The van der Waals surface area contributed by atoms with Crippen LogP contribution in [0.25, 0.3) is 0 Å². The lowest BCUT2D eigenvalue weighted by atomic mass is 10.0. The van der Waals surface area contributed by atoms with E-state index in [1.54, 1.807) is 12.1 Å². The smallest absolute Gasteiger partial charge is 0.224 e. The first kappa shape index (κ1) is 12.8. The SMILES string of the molecule is O=C1CCc2cc(F)c(NC3CCCSC3)cc2N1. The van der Waals surface area contributed by atoms with E-state index < -0.39 is 0 Å². The summed E-state index contributed by atoms with van der Waals surface area (Å²) >= 11 is 1.90. The molecule has 2 aliphatic heterocycles. The van der Waals surface area contributed by atoms with Crippen molar-refractivity contribution in [2.45, 2.75) is 31.7 Å². The van der Waals surface area contributed by atoms with Gasteiger partial charge in [0.25, 0.3) is 0 Å². The molecule has 2 aliphatic rings. The number of carbonyl (C=O) groups excluding carboxylic acids is 1. The maximum absolute atomic E-state index is 14.0. The van der Waals surface area contributed by atoms with Crippen LogP contribution in [0.3, 0.4) is 0 Å². The van der Waals surface area contributed by atoms with Gasteiger partial charge < -0.3 is 10.6 Å². The Kier molecular flexibility index (Phi) is 3.64. The molecule has 1 aromatic rings. The summed E-state index contributed by atoms with van der Waals surface area (Å²) in [5.74, 6) is 2.01. The van der Waals surface area contributed by atoms with Crippen LogP contribution in [0.2, 0.25) is 0 Å². The fraction of sp³-hybridized carbons (Fsp3) is 0.500. The highest BCUT2D eigenvalue weighted by Gasteiger charge is 2.20. The van der Waals surface area contributed by atoms with Crippen molar-refractivity contribution < 1.29 is 9.18 Å². The highest BCUT2D eigenvalue weighted by molar-refractivity contribution is 7.99. The molecule has 0 aliphatic carbocycles. The van der Waals surface area contributed by atoms with Gasteiger partial charge in [0.15, 0.2) is 0 Å². The molecular weight excluding hydrogens is 263 g/mol. The molecular formula is C14H17FN2OS. The largest absolute Gasteiger partial charge is 0.379 e. The van der Waals surface area contributed by atoms with Crippen molar-refractivity contribution in [2.24, 2.45) is 0 Å². The second-order valence-electron chi connectivity index (χ2n) is 5.10. The molecule has 0 spiro atoms. The van der Waals surface area contributed by atoms with Crippen LogP contribution in [-0.2, 0) is 11.2 Å². The standard InChI is InChI=1S/C14H17FN2OS/c15-11-6-9-3-4-14(18)17-12(9)7-13(11)16-10-2-1-5-19-8-10/h6-7,10,16H,1-5,8H2,(H,17,18). The third kappa shape index (κ3) is 2.86. The summed E-state index contributed by atoms with van der Waals surface area (Å²) < 4.78 is 14.0. The van der Waals surface area contributed by atoms with Crippen LogP contribution in [-0.4, -0.2) is 23.5 Å². The molecule has 2 N–H and O–H groups in total. The number of nitrogens with one attached hydrogen (secondary N) is 2. The van der Waals surface area contributed by atoms with Gasteiger partial charge in [0.05, 0.1) is 5.69 Å². The van der Waals surface area contributed by atoms with Crippen LogP contribution in [0.1, 0.15) is 24.8 Å². The van der Waals surface area contributed by atoms with Gasteiger partial charge >= 0.3 is 0 Å². The molecule has 1 fully saturated rings. The van der Waals surface area contributed by atoms with Gasteiger partial charge in [-0.05, 0) is 42.7 Å². The number of hydrogen-bond donors (Lipinski definition) is 2. The van der Waals surface area contributed by atoms with Crippen molar-refractivity contribution in [3.8, 4) is 0 Å². The number of rotatable bonds is 2. The molecule has 0 saturated carbocycles. The van der Waals surface area contributed by atoms with Gasteiger partial charge in [0.2, 0.25) is 5.91 Å². The first-order chi connectivity index (χ1) is 9.22. The van der Waals surface area contributed by atoms with Crippen molar-refractivity contribution in [1.82, 2.24) is 0 Å². The van der Waals surface area contributed by atoms with Crippen molar-refractivity contribution in [3.05, 3.63) is 23.5 Å². The third-order valence-corrected chi connectivity index (χ3v) is 4.82. The van der Waals surface area contributed by atoms with Gasteiger partial charge in [-0.3, -0.25) is 4.79 Å². The lowest BCUT2D eigenvalue weighted by Gasteiger charge is -2.25. The van der Waals surface area contributed by atoms with Crippen LogP contribution < -0.4 is 10.6 Å². The third-order valence-electron chi connectivity index (χ3n) is 3.61. The van der Waals surface area contributed by atoms with Crippen molar-refractivity contribution in [1.29, 1.82) is 0 Å². The van der Waals surface area contributed by atoms with Crippen LogP contribution in [0.15, 0.2) is 12.1 Å². The number of thioether (sulfide) groups is 1. The maximum atomic E-state index is 14.0. The van der Waals surface area contributed by atoms with E-state index in [-0.39, 0.29) is 11.7 Å². The maximum Gasteiger partial charge on any atom is 0.224 e. The van der Waals surface area contributed by atoms with E-state index in [2.05, 4.69) is 10.6 Å². The number of hydrogen-bond acceptors (Lipinski definition) is 3. The summed E-state index contributed by atoms with van der Waals surface area (Å²) in [7, 11) is 0. The summed E-state index contributed by atoms with van der Waals surface area (Å²) in [5, 5.41) is 6.08. The van der Waals surface area contributed by atoms with E-state index in [0.29, 0.717) is 24.6 Å². The molecule has 19 heavy (non-hydrogen) atoms. The first-order valence-corrected chi connectivity index (χ1v) is 7.84. The van der Waals surface area contributed by atoms with Gasteiger partial charge in [0, 0.05) is 23.9 Å². The Hall–Kier alpha value is -1.23. The average molecular weight is 280 g/mol. The van der Waals surface area contributed by atoms with E-state index in [9.17, 15) is 9.18 Å². The van der Waals surface area contributed by atoms with Gasteiger partial charge in [-0.1, -0.05) is 0 Å². The Balaban J connectivity index is 1.80. The zero-order chi connectivity index (χ0) is 13.2. The molecule has 3 rings (SSSR count). The minimum atomic E-state index is -0.217. The van der Waals surface area contributed by atoms with Gasteiger partial charge in [-0.2, -0.15) is 11.8 Å². The predicted molar refractivity (Wildman–Crippen MR) is 77.3 cm³/mol. The second-order valence-corrected chi connectivity index (χ2v) is 6.25. The van der Waals surface area contributed by atoms with Gasteiger partial charge in [0.1, 0.15) is 5.82 Å². The molecule has 5 heteroatoms. The zero-order valence-electron chi connectivity index (χ0n) is 10.7. The minimum absolute atomic E-state index is 0.0123. The highest BCUT2D eigenvalue weighted by atomic mass is 32.2. The Morgan fingerprint density at radius 1 is 1.37 bits per heavy atom. The lowest BCUT2D eigenvalue weighted by molar-refractivity contribution is -0.116. The fourth-order valence-corrected chi connectivity index (χ4v) is 3.66. The number of amides is 1. The molecule has 0 bridgehead atoms. The number of halogens is 1.